The van der Waals surface area contributed by atoms with E-state index >= 15 is 0 Å². The number of hydrogen-bond acceptors (Lipinski definition) is 7. The molecular formula is C21H22N4O4. The van der Waals surface area contributed by atoms with Crippen LogP contribution in [0.3, 0.4) is 0 Å². The molecule has 0 N–H and O–H groups in total. The Hall–Kier alpha value is -3.42. The normalized spacial score (nSPS) is 16.5. The van der Waals surface area contributed by atoms with Crippen LogP contribution in [0.4, 0.5) is 0 Å². The number of nitrogens with zero attached hydrogens (tertiary/aromatic N) is 4. The molecule has 1 atom stereocenters. The molecule has 29 heavy (non-hydrogen) atoms. The Morgan fingerprint density at radius 1 is 1.21 bits per heavy atom. The molecule has 2 aromatic heterocycles. The molecule has 4 rings (SSSR count). The van der Waals surface area contributed by atoms with Crippen molar-refractivity contribution in [3.63, 3.8) is 0 Å². The van der Waals surface area contributed by atoms with Crippen LogP contribution >= 0.6 is 0 Å². The second-order valence-electron chi connectivity index (χ2n) is 6.83. The Kier molecular flexibility index (Phi) is 5.41. The molecule has 1 saturated heterocycles. The molecule has 8 nitrogen and oxygen atoms in total. The fraction of sp³-hybridized carbons (Fsp3) is 0.333. The van der Waals surface area contributed by atoms with Gasteiger partial charge in [-0.3, -0.25) is 9.78 Å². The number of carbonyl (C=O) groups excluding carboxylic acids is 1. The summed E-state index contributed by atoms with van der Waals surface area (Å²) >= 11 is 0. The van der Waals surface area contributed by atoms with Gasteiger partial charge in [0.15, 0.2) is 5.82 Å². The summed E-state index contributed by atoms with van der Waals surface area (Å²) in [6.45, 7) is 1.20. The number of rotatable bonds is 5. The van der Waals surface area contributed by atoms with E-state index in [1.807, 2.05) is 23.1 Å². The molecule has 8 heteroatoms. The molecule has 1 aromatic carbocycles. The number of methoxy groups -OCH3 is 2. The molecule has 3 heterocycles. The number of amides is 1. The lowest BCUT2D eigenvalue weighted by molar-refractivity contribution is 0.0700. The van der Waals surface area contributed by atoms with Crippen molar-refractivity contribution in [1.29, 1.82) is 0 Å². The number of pyridine rings is 1. The highest BCUT2D eigenvalue weighted by Gasteiger charge is 2.30. The number of ether oxygens (including phenoxy) is 2. The average Bonchev–Trinajstić information content (AvgIpc) is 3.29. The quantitative estimate of drug-likeness (QED) is 0.656. The van der Waals surface area contributed by atoms with Gasteiger partial charge in [0, 0.05) is 31.3 Å². The zero-order valence-corrected chi connectivity index (χ0v) is 16.4. The van der Waals surface area contributed by atoms with Crippen LogP contribution in [-0.2, 0) is 0 Å². The van der Waals surface area contributed by atoms with Crippen molar-refractivity contribution in [3.05, 3.63) is 54.0 Å². The molecule has 3 aromatic rings. The third-order valence-corrected chi connectivity index (χ3v) is 5.04. The van der Waals surface area contributed by atoms with E-state index in [9.17, 15) is 4.79 Å². The van der Waals surface area contributed by atoms with E-state index in [0.29, 0.717) is 47.6 Å². The van der Waals surface area contributed by atoms with E-state index in [-0.39, 0.29) is 11.8 Å². The lowest BCUT2D eigenvalue weighted by Crippen LogP contribution is -2.39. The number of carbonyl (C=O) groups is 1. The molecule has 0 aliphatic carbocycles. The smallest absolute Gasteiger partial charge is 0.276 e. The molecule has 0 bridgehead atoms. The summed E-state index contributed by atoms with van der Waals surface area (Å²) in [5.74, 6) is 2.06. The van der Waals surface area contributed by atoms with Crippen molar-refractivity contribution < 1.29 is 18.8 Å². The third-order valence-electron chi connectivity index (χ3n) is 5.04. The van der Waals surface area contributed by atoms with Crippen molar-refractivity contribution in [3.8, 4) is 23.1 Å². The standard InChI is InChI=1S/C21H22N4O4/c1-27-15-8-9-16(18(12-15)28-2)21(26)25-11-5-6-14(13-25)19-23-20(29-24-19)17-7-3-4-10-22-17/h3-4,7-10,12,14H,5-6,11,13H2,1-2H3/t14-/m0/s1. The SMILES string of the molecule is COc1ccc(C(=O)N2CCC[C@H](c3noc(-c4ccccn4)n3)C2)c(OC)c1. The van der Waals surface area contributed by atoms with Crippen LogP contribution < -0.4 is 9.47 Å². The fourth-order valence-corrected chi connectivity index (χ4v) is 3.51. The van der Waals surface area contributed by atoms with Crippen LogP contribution in [0.15, 0.2) is 47.1 Å². The third kappa shape index (κ3) is 3.91. The molecule has 1 amide bonds. The minimum Gasteiger partial charge on any atom is -0.497 e. The van der Waals surface area contributed by atoms with Gasteiger partial charge in [0.1, 0.15) is 17.2 Å². The van der Waals surface area contributed by atoms with Crippen molar-refractivity contribution in [2.45, 2.75) is 18.8 Å². The van der Waals surface area contributed by atoms with Crippen molar-refractivity contribution in [1.82, 2.24) is 20.0 Å². The zero-order chi connectivity index (χ0) is 20.2. The highest BCUT2D eigenvalue weighted by Crippen LogP contribution is 2.30. The first kappa shape index (κ1) is 18.9. The summed E-state index contributed by atoms with van der Waals surface area (Å²) in [5, 5.41) is 4.13. The van der Waals surface area contributed by atoms with Gasteiger partial charge in [-0.25, -0.2) is 0 Å². The monoisotopic (exact) mass is 394 g/mol. The van der Waals surface area contributed by atoms with E-state index in [1.54, 1.807) is 38.6 Å². The number of aromatic nitrogens is 3. The van der Waals surface area contributed by atoms with Crippen LogP contribution in [0.25, 0.3) is 11.6 Å². The van der Waals surface area contributed by atoms with Gasteiger partial charge in [0.2, 0.25) is 0 Å². The van der Waals surface area contributed by atoms with Crippen LogP contribution in [0.1, 0.15) is 34.9 Å². The van der Waals surface area contributed by atoms with Gasteiger partial charge in [0.05, 0.1) is 19.8 Å². The van der Waals surface area contributed by atoms with Crippen LogP contribution in [0.5, 0.6) is 11.5 Å². The second kappa shape index (κ2) is 8.30. The summed E-state index contributed by atoms with van der Waals surface area (Å²) in [4.78, 5) is 23.7. The second-order valence-corrected chi connectivity index (χ2v) is 6.83. The fourth-order valence-electron chi connectivity index (χ4n) is 3.51. The molecule has 150 valence electrons. The lowest BCUT2D eigenvalue weighted by atomic mass is 9.96. The van der Waals surface area contributed by atoms with Crippen molar-refractivity contribution in [2.24, 2.45) is 0 Å². The predicted octanol–water partition coefficient (Wildman–Crippen LogP) is 3.17. The molecule has 1 aliphatic heterocycles. The topological polar surface area (TPSA) is 90.6 Å². The van der Waals surface area contributed by atoms with E-state index < -0.39 is 0 Å². The van der Waals surface area contributed by atoms with Gasteiger partial charge in [-0.2, -0.15) is 4.98 Å². The van der Waals surface area contributed by atoms with Gasteiger partial charge in [-0.15, -0.1) is 0 Å². The number of likely N-dealkylation sites (tertiary alicyclic amines) is 1. The van der Waals surface area contributed by atoms with Gasteiger partial charge in [-0.05, 0) is 37.1 Å². The van der Waals surface area contributed by atoms with Crippen molar-refractivity contribution in [2.75, 3.05) is 27.3 Å². The Morgan fingerprint density at radius 3 is 2.86 bits per heavy atom. The Labute approximate surface area is 168 Å². The maximum absolute atomic E-state index is 13.1. The first-order valence-corrected chi connectivity index (χ1v) is 9.46. The molecule has 1 aliphatic rings. The maximum Gasteiger partial charge on any atom is 0.276 e. The average molecular weight is 394 g/mol. The predicted molar refractivity (Wildman–Crippen MR) is 105 cm³/mol. The van der Waals surface area contributed by atoms with Gasteiger partial charge in [0.25, 0.3) is 11.8 Å². The Bertz CT molecular complexity index is 989. The first-order chi connectivity index (χ1) is 14.2. The first-order valence-electron chi connectivity index (χ1n) is 9.46. The van der Waals surface area contributed by atoms with E-state index in [4.69, 9.17) is 14.0 Å². The van der Waals surface area contributed by atoms with E-state index in [2.05, 4.69) is 15.1 Å². The van der Waals surface area contributed by atoms with Gasteiger partial charge in [-0.1, -0.05) is 11.2 Å². The molecular weight excluding hydrogens is 372 g/mol. The number of hydrogen-bond donors (Lipinski definition) is 0. The molecule has 0 radical (unpaired) electrons. The van der Waals surface area contributed by atoms with Crippen LogP contribution in [-0.4, -0.2) is 53.2 Å². The Balaban J connectivity index is 1.52. The summed E-state index contributed by atoms with van der Waals surface area (Å²) in [7, 11) is 3.12. The summed E-state index contributed by atoms with van der Waals surface area (Å²) in [6, 6.07) is 10.7. The molecule has 1 fully saturated rings. The maximum atomic E-state index is 13.1. The minimum absolute atomic E-state index is 0.0122. The highest BCUT2D eigenvalue weighted by atomic mass is 16.5. The molecule has 0 unspecified atom stereocenters. The largest absolute Gasteiger partial charge is 0.497 e. The van der Waals surface area contributed by atoms with Crippen LogP contribution in [0.2, 0.25) is 0 Å². The Morgan fingerprint density at radius 2 is 2.10 bits per heavy atom. The summed E-state index contributed by atoms with van der Waals surface area (Å²) in [6.07, 6.45) is 3.44. The molecule has 0 saturated carbocycles. The number of benzene rings is 1. The summed E-state index contributed by atoms with van der Waals surface area (Å²) in [5.41, 5.74) is 1.15. The van der Waals surface area contributed by atoms with Gasteiger partial charge < -0.3 is 18.9 Å². The van der Waals surface area contributed by atoms with Gasteiger partial charge >= 0.3 is 0 Å². The summed E-state index contributed by atoms with van der Waals surface area (Å²) < 4.78 is 16.0. The van der Waals surface area contributed by atoms with E-state index in [0.717, 1.165) is 12.8 Å². The van der Waals surface area contributed by atoms with E-state index in [1.165, 1.54) is 0 Å². The lowest BCUT2D eigenvalue weighted by Gasteiger charge is -2.31. The zero-order valence-electron chi connectivity index (χ0n) is 16.4. The van der Waals surface area contributed by atoms with Crippen LogP contribution in [0, 0.1) is 0 Å². The minimum atomic E-state index is -0.0809. The van der Waals surface area contributed by atoms with Crippen molar-refractivity contribution >= 4 is 5.91 Å². The highest BCUT2D eigenvalue weighted by molar-refractivity contribution is 5.97. The molecule has 0 spiro atoms. The number of piperidine rings is 1.